The lowest BCUT2D eigenvalue weighted by Crippen LogP contribution is -3.00. The van der Waals surface area contributed by atoms with E-state index in [0.29, 0.717) is 6.23 Å². The van der Waals surface area contributed by atoms with Crippen LogP contribution in [-0.2, 0) is 4.43 Å². The third kappa shape index (κ3) is 34.3. The van der Waals surface area contributed by atoms with Crippen LogP contribution in [0.3, 0.4) is 0 Å². The predicted octanol–water partition coefficient (Wildman–Crippen LogP) is 12.2. The van der Waals surface area contributed by atoms with Gasteiger partial charge in [-0.2, -0.15) is 0 Å². The van der Waals surface area contributed by atoms with E-state index in [1.54, 1.807) is 0 Å². The van der Waals surface area contributed by atoms with E-state index in [9.17, 15) is 0 Å². The SMILES string of the molecule is CCCCCCCCCCCCCCCCCC[N+](C)(CCCCCCCCCCCCCCCCCC)C(C)O[Si](C)(C)C.[Cl-]. The van der Waals surface area contributed by atoms with Crippen molar-refractivity contribution in [2.75, 3.05) is 20.1 Å². The molecule has 0 amide bonds. The Balaban J connectivity index is 0. The van der Waals surface area contributed by atoms with Crippen molar-refractivity contribution in [3.8, 4) is 0 Å². The van der Waals surface area contributed by atoms with E-state index in [2.05, 4.69) is 47.5 Å². The molecule has 0 heterocycles. The maximum atomic E-state index is 6.67. The summed E-state index contributed by atoms with van der Waals surface area (Å²) in [7, 11) is 0.973. The van der Waals surface area contributed by atoms with Crippen molar-refractivity contribution in [3.63, 3.8) is 0 Å². The molecule has 0 aromatic carbocycles. The van der Waals surface area contributed by atoms with Crippen LogP contribution in [0.15, 0.2) is 0 Å². The number of nitrogens with zero attached hydrogens (tertiary/aromatic N) is 1. The Labute approximate surface area is 300 Å². The Morgan fingerprint density at radius 1 is 0.391 bits per heavy atom. The van der Waals surface area contributed by atoms with Gasteiger partial charge in [0.25, 0.3) is 0 Å². The van der Waals surface area contributed by atoms with Crippen LogP contribution in [-0.4, -0.2) is 39.2 Å². The van der Waals surface area contributed by atoms with Crippen molar-refractivity contribution in [2.24, 2.45) is 0 Å². The summed E-state index contributed by atoms with van der Waals surface area (Å²) in [5.74, 6) is 0. The highest BCUT2D eigenvalue weighted by molar-refractivity contribution is 6.69. The van der Waals surface area contributed by atoms with Crippen LogP contribution in [0.2, 0.25) is 19.6 Å². The summed E-state index contributed by atoms with van der Waals surface area (Å²) >= 11 is 0. The lowest BCUT2D eigenvalue weighted by Gasteiger charge is -2.42. The molecule has 0 saturated carbocycles. The lowest BCUT2D eigenvalue weighted by molar-refractivity contribution is -0.950. The fourth-order valence-corrected chi connectivity index (χ4v) is 8.43. The number of quaternary nitrogens is 1. The molecule has 0 rings (SSSR count). The molecular formula is C42H90ClNOSi. The molecule has 0 aromatic rings. The third-order valence-electron chi connectivity index (χ3n) is 10.4. The minimum absolute atomic E-state index is 0. The molecule has 280 valence electrons. The number of halogens is 1. The first-order chi connectivity index (χ1) is 21.7. The Morgan fingerprint density at radius 3 is 0.783 bits per heavy atom. The van der Waals surface area contributed by atoms with Gasteiger partial charge in [-0.3, -0.25) is 0 Å². The van der Waals surface area contributed by atoms with E-state index in [1.165, 1.54) is 219 Å². The summed E-state index contributed by atoms with van der Waals surface area (Å²) in [4.78, 5) is 0. The molecule has 0 aromatic heterocycles. The summed E-state index contributed by atoms with van der Waals surface area (Å²) in [6.07, 6.45) is 46.6. The zero-order valence-electron chi connectivity index (χ0n) is 33.4. The van der Waals surface area contributed by atoms with Crippen LogP contribution in [0.5, 0.6) is 0 Å². The molecule has 2 nitrogen and oxygen atoms in total. The molecule has 0 N–H and O–H groups in total. The van der Waals surface area contributed by atoms with Crippen molar-refractivity contribution < 1.29 is 21.3 Å². The number of hydrogen-bond acceptors (Lipinski definition) is 1. The maximum Gasteiger partial charge on any atom is 0.191 e. The molecule has 0 saturated heterocycles. The summed E-state index contributed by atoms with van der Waals surface area (Å²) in [5.41, 5.74) is 0. The second-order valence-electron chi connectivity index (χ2n) is 16.4. The minimum Gasteiger partial charge on any atom is -1.00 e. The first-order valence-corrected chi connectivity index (χ1v) is 24.7. The predicted molar refractivity (Wildman–Crippen MR) is 209 cm³/mol. The van der Waals surface area contributed by atoms with Crippen LogP contribution in [0.1, 0.15) is 226 Å². The molecule has 0 aliphatic rings. The second kappa shape index (κ2) is 35.3. The standard InChI is InChI=1S/C42H90NOSi.ClH/c1-8-10-12-14-16-18-20-22-24-26-28-30-32-34-36-38-40-43(4,42(3)44-45(5,6)7)41-39-37-35-33-31-29-27-25-23-21-19-17-15-13-11-9-2;/h42H,8-41H2,1-7H3;1H/q+1;/p-1. The molecule has 0 aliphatic heterocycles. The van der Waals surface area contributed by atoms with Crippen molar-refractivity contribution in [2.45, 2.75) is 252 Å². The maximum absolute atomic E-state index is 6.67. The largest absolute Gasteiger partial charge is 1.00 e. The number of hydrogen-bond donors (Lipinski definition) is 0. The van der Waals surface area contributed by atoms with Crippen molar-refractivity contribution in [1.29, 1.82) is 0 Å². The molecular weight excluding hydrogens is 598 g/mol. The summed E-state index contributed by atoms with van der Waals surface area (Å²) in [6, 6.07) is 0. The van der Waals surface area contributed by atoms with Gasteiger partial charge >= 0.3 is 0 Å². The molecule has 0 bridgehead atoms. The van der Waals surface area contributed by atoms with Crippen LogP contribution in [0.4, 0.5) is 0 Å². The topological polar surface area (TPSA) is 9.23 Å². The Bertz CT molecular complexity index is 544. The van der Waals surface area contributed by atoms with Gasteiger partial charge in [0.1, 0.15) is 0 Å². The smallest absolute Gasteiger partial charge is 0.191 e. The van der Waals surface area contributed by atoms with E-state index < -0.39 is 8.32 Å². The van der Waals surface area contributed by atoms with Crippen molar-refractivity contribution in [3.05, 3.63) is 0 Å². The fraction of sp³-hybridized carbons (Fsp3) is 1.00. The molecule has 1 atom stereocenters. The molecule has 46 heavy (non-hydrogen) atoms. The van der Waals surface area contributed by atoms with E-state index in [1.807, 2.05) is 0 Å². The van der Waals surface area contributed by atoms with Gasteiger partial charge in [-0.05, 0) is 45.3 Å². The Hall–Kier alpha value is 0.427. The highest BCUT2D eigenvalue weighted by atomic mass is 35.5. The van der Waals surface area contributed by atoms with Gasteiger partial charge in [0.15, 0.2) is 14.5 Å². The van der Waals surface area contributed by atoms with Crippen LogP contribution >= 0.6 is 0 Å². The summed E-state index contributed by atoms with van der Waals surface area (Å²) < 4.78 is 7.80. The van der Waals surface area contributed by atoms with Gasteiger partial charge < -0.3 is 21.3 Å². The van der Waals surface area contributed by atoms with Gasteiger partial charge in [-0.1, -0.05) is 194 Å². The minimum atomic E-state index is -1.53. The first kappa shape index (κ1) is 48.5. The summed E-state index contributed by atoms with van der Waals surface area (Å²) in [6.45, 7) is 16.7. The molecule has 0 aliphatic carbocycles. The number of unbranched alkanes of at least 4 members (excludes halogenated alkanes) is 30. The first-order valence-electron chi connectivity index (χ1n) is 21.3. The van der Waals surface area contributed by atoms with Crippen LogP contribution in [0, 0.1) is 0 Å². The monoisotopic (exact) mass is 688 g/mol. The quantitative estimate of drug-likeness (QED) is 0.0273. The van der Waals surface area contributed by atoms with E-state index in [-0.39, 0.29) is 12.4 Å². The van der Waals surface area contributed by atoms with Crippen LogP contribution in [0.25, 0.3) is 0 Å². The zero-order valence-corrected chi connectivity index (χ0v) is 35.1. The average molecular weight is 689 g/mol. The molecule has 0 spiro atoms. The second-order valence-corrected chi connectivity index (χ2v) is 20.8. The van der Waals surface area contributed by atoms with Crippen molar-refractivity contribution in [1.82, 2.24) is 0 Å². The molecule has 0 radical (unpaired) electrons. The third-order valence-corrected chi connectivity index (χ3v) is 11.5. The van der Waals surface area contributed by atoms with Gasteiger partial charge in [0, 0.05) is 6.92 Å². The van der Waals surface area contributed by atoms with Gasteiger partial charge in [-0.15, -0.1) is 0 Å². The van der Waals surface area contributed by atoms with Gasteiger partial charge in [0.2, 0.25) is 0 Å². The highest BCUT2D eigenvalue weighted by Crippen LogP contribution is 2.22. The number of rotatable bonds is 37. The average Bonchev–Trinajstić information content (AvgIpc) is 2.99. The van der Waals surface area contributed by atoms with E-state index in [0.717, 1.165) is 4.48 Å². The highest BCUT2D eigenvalue weighted by Gasteiger charge is 2.32. The van der Waals surface area contributed by atoms with E-state index >= 15 is 0 Å². The summed E-state index contributed by atoms with van der Waals surface area (Å²) in [5, 5.41) is 0. The normalized spacial score (nSPS) is 12.8. The van der Waals surface area contributed by atoms with Gasteiger partial charge in [0.05, 0.1) is 20.1 Å². The zero-order chi connectivity index (χ0) is 33.3. The van der Waals surface area contributed by atoms with E-state index in [4.69, 9.17) is 4.43 Å². The van der Waals surface area contributed by atoms with Gasteiger partial charge in [-0.25, -0.2) is 0 Å². The van der Waals surface area contributed by atoms with Crippen LogP contribution < -0.4 is 12.4 Å². The Morgan fingerprint density at radius 2 is 0.587 bits per heavy atom. The lowest BCUT2D eigenvalue weighted by atomic mass is 10.0. The molecule has 0 fully saturated rings. The van der Waals surface area contributed by atoms with Crippen molar-refractivity contribution >= 4 is 8.32 Å². The Kier molecular flexibility index (Phi) is 37.2. The molecule has 4 heteroatoms. The molecule has 1 unspecified atom stereocenters. The fourth-order valence-electron chi connectivity index (χ4n) is 7.16.